The van der Waals surface area contributed by atoms with Crippen molar-refractivity contribution in [3.63, 3.8) is 0 Å². The summed E-state index contributed by atoms with van der Waals surface area (Å²) >= 11 is 12.3. The third kappa shape index (κ3) is 3.37. The van der Waals surface area contributed by atoms with E-state index in [1.165, 1.54) is 0 Å². The molecule has 0 radical (unpaired) electrons. The standard InChI is InChI=1S/C18H21Cl2N3O/c1-18(10-21)7-5-11(6-8-18)16-17(24)23-14(9-22-16)12-3-2-4-13(19)15(12)20/h2-4,9,11H,5-8,10,21H2,1H3,(H,23,24). The molecule has 0 saturated heterocycles. The van der Waals surface area contributed by atoms with E-state index in [4.69, 9.17) is 28.9 Å². The molecule has 1 saturated carbocycles. The quantitative estimate of drug-likeness (QED) is 0.848. The van der Waals surface area contributed by atoms with Gasteiger partial charge >= 0.3 is 0 Å². The van der Waals surface area contributed by atoms with Crippen LogP contribution in [0, 0.1) is 5.41 Å². The summed E-state index contributed by atoms with van der Waals surface area (Å²) in [4.78, 5) is 19.9. The van der Waals surface area contributed by atoms with E-state index in [9.17, 15) is 4.79 Å². The fourth-order valence-corrected chi connectivity index (χ4v) is 3.75. The number of hydrogen-bond acceptors (Lipinski definition) is 3. The molecule has 1 aliphatic rings. The number of hydrogen-bond donors (Lipinski definition) is 2. The van der Waals surface area contributed by atoms with E-state index < -0.39 is 0 Å². The van der Waals surface area contributed by atoms with Crippen LogP contribution >= 0.6 is 23.2 Å². The highest BCUT2D eigenvalue weighted by Crippen LogP contribution is 2.41. The van der Waals surface area contributed by atoms with Crippen molar-refractivity contribution in [1.82, 2.24) is 9.97 Å². The molecule has 1 heterocycles. The first kappa shape index (κ1) is 17.5. The summed E-state index contributed by atoms with van der Waals surface area (Å²) in [7, 11) is 0. The third-order valence-corrected chi connectivity index (χ3v) is 5.95. The average Bonchev–Trinajstić information content (AvgIpc) is 2.58. The summed E-state index contributed by atoms with van der Waals surface area (Å²) in [6, 6.07) is 5.32. The van der Waals surface area contributed by atoms with Crippen LogP contribution in [0.15, 0.2) is 29.2 Å². The molecule has 1 aromatic heterocycles. The molecule has 3 N–H and O–H groups in total. The first-order valence-corrected chi connectivity index (χ1v) is 8.93. The number of halogens is 2. The van der Waals surface area contributed by atoms with Gasteiger partial charge in [0.2, 0.25) is 0 Å². The molecule has 0 atom stereocenters. The smallest absolute Gasteiger partial charge is 0.270 e. The minimum atomic E-state index is -0.148. The maximum Gasteiger partial charge on any atom is 0.270 e. The summed E-state index contributed by atoms with van der Waals surface area (Å²) in [5.41, 5.74) is 7.77. The van der Waals surface area contributed by atoms with Crippen LogP contribution in [0.1, 0.15) is 44.2 Å². The molecule has 0 amide bonds. The molecular weight excluding hydrogens is 345 g/mol. The molecule has 1 aliphatic carbocycles. The van der Waals surface area contributed by atoms with Crippen molar-refractivity contribution in [1.29, 1.82) is 0 Å². The van der Waals surface area contributed by atoms with E-state index in [1.807, 2.05) is 6.07 Å². The van der Waals surface area contributed by atoms with Crippen LogP contribution in [-0.2, 0) is 0 Å². The topological polar surface area (TPSA) is 71.8 Å². The molecular formula is C18H21Cl2N3O. The number of nitrogens with two attached hydrogens (primary N) is 1. The molecule has 2 aromatic rings. The maximum atomic E-state index is 12.5. The van der Waals surface area contributed by atoms with E-state index in [2.05, 4.69) is 16.9 Å². The number of H-pyrrole nitrogens is 1. The lowest BCUT2D eigenvalue weighted by molar-refractivity contribution is 0.206. The van der Waals surface area contributed by atoms with Gasteiger partial charge in [-0.15, -0.1) is 0 Å². The second kappa shape index (κ2) is 6.87. The predicted molar refractivity (Wildman–Crippen MR) is 98.7 cm³/mol. The van der Waals surface area contributed by atoms with Gasteiger partial charge in [0.1, 0.15) is 5.69 Å². The summed E-state index contributed by atoms with van der Waals surface area (Å²) in [5.74, 6) is 0.192. The number of nitrogens with zero attached hydrogens (tertiary/aromatic N) is 1. The fraction of sp³-hybridized carbons (Fsp3) is 0.444. The number of nitrogens with one attached hydrogen (secondary N) is 1. The lowest BCUT2D eigenvalue weighted by Crippen LogP contribution is -2.33. The van der Waals surface area contributed by atoms with Gasteiger partial charge in [-0.1, -0.05) is 42.3 Å². The minimum absolute atomic E-state index is 0.148. The number of rotatable bonds is 3. The molecule has 6 heteroatoms. The molecule has 4 nitrogen and oxygen atoms in total. The van der Waals surface area contributed by atoms with E-state index >= 15 is 0 Å². The third-order valence-electron chi connectivity index (χ3n) is 5.13. The zero-order chi connectivity index (χ0) is 17.3. The zero-order valence-corrected chi connectivity index (χ0v) is 15.1. The Bertz CT molecular complexity index is 795. The van der Waals surface area contributed by atoms with E-state index in [1.54, 1.807) is 18.3 Å². The van der Waals surface area contributed by atoms with Crippen molar-refractivity contribution in [2.24, 2.45) is 11.1 Å². The Morgan fingerprint density at radius 1 is 1.33 bits per heavy atom. The summed E-state index contributed by atoms with van der Waals surface area (Å²) in [5, 5.41) is 0.869. The first-order valence-electron chi connectivity index (χ1n) is 8.17. The van der Waals surface area contributed by atoms with Gasteiger partial charge in [0, 0.05) is 11.5 Å². The molecule has 24 heavy (non-hydrogen) atoms. The fourth-order valence-electron chi connectivity index (χ4n) is 3.34. The Hall–Kier alpha value is -1.36. The van der Waals surface area contributed by atoms with E-state index in [-0.39, 0.29) is 16.9 Å². The summed E-state index contributed by atoms with van der Waals surface area (Å²) < 4.78 is 0. The highest BCUT2D eigenvalue weighted by molar-refractivity contribution is 6.43. The van der Waals surface area contributed by atoms with Crippen LogP contribution in [0.2, 0.25) is 10.0 Å². The number of benzene rings is 1. The monoisotopic (exact) mass is 365 g/mol. The largest absolute Gasteiger partial charge is 0.330 e. The van der Waals surface area contributed by atoms with Crippen molar-refractivity contribution in [2.45, 2.75) is 38.5 Å². The van der Waals surface area contributed by atoms with Crippen LogP contribution in [0.3, 0.4) is 0 Å². The number of aromatic amines is 1. The zero-order valence-electron chi connectivity index (χ0n) is 13.6. The van der Waals surface area contributed by atoms with Gasteiger partial charge < -0.3 is 10.7 Å². The van der Waals surface area contributed by atoms with Gasteiger partial charge in [-0.05, 0) is 43.7 Å². The van der Waals surface area contributed by atoms with Crippen molar-refractivity contribution in [2.75, 3.05) is 6.54 Å². The Labute approximate surface area is 151 Å². The molecule has 1 fully saturated rings. The van der Waals surface area contributed by atoms with Crippen LogP contribution in [0.4, 0.5) is 0 Å². The van der Waals surface area contributed by atoms with E-state index in [0.717, 1.165) is 25.7 Å². The Balaban J connectivity index is 1.86. The first-order chi connectivity index (χ1) is 11.4. The Morgan fingerprint density at radius 2 is 2.04 bits per heavy atom. The van der Waals surface area contributed by atoms with Gasteiger partial charge in [-0.3, -0.25) is 9.78 Å². The highest BCUT2D eigenvalue weighted by atomic mass is 35.5. The SMILES string of the molecule is CC1(CN)CCC(c2ncc(-c3cccc(Cl)c3Cl)[nH]c2=O)CC1. The second-order valence-electron chi connectivity index (χ2n) is 6.90. The van der Waals surface area contributed by atoms with Crippen LogP contribution in [0.25, 0.3) is 11.3 Å². The van der Waals surface area contributed by atoms with E-state index in [0.29, 0.717) is 33.5 Å². The van der Waals surface area contributed by atoms with Crippen molar-refractivity contribution < 1.29 is 0 Å². The molecule has 3 rings (SSSR count). The summed E-state index contributed by atoms with van der Waals surface area (Å²) in [6.07, 6.45) is 5.61. The lowest BCUT2D eigenvalue weighted by atomic mass is 9.71. The Morgan fingerprint density at radius 3 is 2.67 bits per heavy atom. The summed E-state index contributed by atoms with van der Waals surface area (Å²) in [6.45, 7) is 2.90. The van der Waals surface area contributed by atoms with Gasteiger partial charge in [0.05, 0.1) is 21.9 Å². The molecule has 128 valence electrons. The minimum Gasteiger partial charge on any atom is -0.330 e. The highest BCUT2D eigenvalue weighted by Gasteiger charge is 2.32. The van der Waals surface area contributed by atoms with Crippen LogP contribution in [0.5, 0.6) is 0 Å². The second-order valence-corrected chi connectivity index (χ2v) is 7.69. The molecule has 1 aromatic carbocycles. The maximum absolute atomic E-state index is 12.5. The molecule has 0 bridgehead atoms. The molecule has 0 unspecified atom stereocenters. The van der Waals surface area contributed by atoms with Crippen molar-refractivity contribution in [3.8, 4) is 11.3 Å². The Kier molecular flexibility index (Phi) is 5.00. The average molecular weight is 366 g/mol. The van der Waals surface area contributed by atoms with Gasteiger partial charge in [0.25, 0.3) is 5.56 Å². The number of aromatic nitrogens is 2. The van der Waals surface area contributed by atoms with Crippen molar-refractivity contribution in [3.05, 3.63) is 50.5 Å². The molecule has 0 spiro atoms. The normalized spacial score (nSPS) is 24.1. The van der Waals surface area contributed by atoms with Crippen LogP contribution < -0.4 is 11.3 Å². The van der Waals surface area contributed by atoms with Gasteiger partial charge in [-0.2, -0.15) is 0 Å². The lowest BCUT2D eigenvalue weighted by Gasteiger charge is -2.35. The van der Waals surface area contributed by atoms with Crippen LogP contribution in [-0.4, -0.2) is 16.5 Å². The predicted octanol–water partition coefficient (Wildman–Crippen LogP) is 4.37. The molecule has 0 aliphatic heterocycles. The van der Waals surface area contributed by atoms with Gasteiger partial charge in [0.15, 0.2) is 0 Å². The van der Waals surface area contributed by atoms with Gasteiger partial charge in [-0.25, -0.2) is 0 Å². The van der Waals surface area contributed by atoms with Crippen molar-refractivity contribution >= 4 is 23.2 Å².